The summed E-state index contributed by atoms with van der Waals surface area (Å²) in [7, 11) is -1.93. The second-order valence-corrected chi connectivity index (χ2v) is 12.3. The highest BCUT2D eigenvalue weighted by molar-refractivity contribution is 7.89. The van der Waals surface area contributed by atoms with Gasteiger partial charge in [-0.05, 0) is 60.2 Å². The number of amides is 2. The molecule has 224 valence electrons. The molecule has 1 aliphatic heterocycles. The molecule has 2 N–H and O–H groups in total. The summed E-state index contributed by atoms with van der Waals surface area (Å²) in [6.45, 7) is 1.16. The van der Waals surface area contributed by atoms with Crippen LogP contribution in [0.1, 0.15) is 36.0 Å². The van der Waals surface area contributed by atoms with Crippen molar-refractivity contribution in [3.8, 4) is 5.75 Å². The molecule has 2 amide bonds. The van der Waals surface area contributed by atoms with Crippen molar-refractivity contribution < 1.29 is 27.9 Å². The summed E-state index contributed by atoms with van der Waals surface area (Å²) in [5.74, 6) is 0.138. The Balaban J connectivity index is 1.54. The van der Waals surface area contributed by atoms with Crippen molar-refractivity contribution in [2.75, 3.05) is 33.4 Å². The second kappa shape index (κ2) is 14.9. The summed E-state index contributed by atoms with van der Waals surface area (Å²) >= 11 is 0. The third-order valence-electron chi connectivity index (χ3n) is 7.45. The van der Waals surface area contributed by atoms with Crippen molar-refractivity contribution in [1.29, 1.82) is 0 Å². The van der Waals surface area contributed by atoms with Gasteiger partial charge in [-0.2, -0.15) is 4.31 Å². The predicted octanol–water partition coefficient (Wildman–Crippen LogP) is 3.16. The van der Waals surface area contributed by atoms with E-state index in [4.69, 9.17) is 4.74 Å². The molecule has 1 fully saturated rings. The van der Waals surface area contributed by atoms with Gasteiger partial charge in [-0.3, -0.25) is 9.59 Å². The highest BCUT2D eigenvalue weighted by atomic mass is 32.2. The Morgan fingerprint density at radius 2 is 1.57 bits per heavy atom. The van der Waals surface area contributed by atoms with Crippen LogP contribution in [0.15, 0.2) is 83.8 Å². The summed E-state index contributed by atoms with van der Waals surface area (Å²) in [6, 6.07) is 22.8. The fraction of sp³-hybridized carbons (Fsp3) is 0.375. The first-order valence-corrected chi connectivity index (χ1v) is 15.7. The van der Waals surface area contributed by atoms with E-state index in [-0.39, 0.29) is 42.8 Å². The molecule has 0 aromatic heterocycles. The smallest absolute Gasteiger partial charge is 0.243 e. The predicted molar refractivity (Wildman–Crippen MR) is 160 cm³/mol. The number of aliphatic hydroxyl groups is 1. The van der Waals surface area contributed by atoms with E-state index >= 15 is 0 Å². The largest absolute Gasteiger partial charge is 0.497 e. The van der Waals surface area contributed by atoms with Crippen LogP contribution < -0.4 is 10.1 Å². The fourth-order valence-corrected chi connectivity index (χ4v) is 6.60. The molecule has 10 heteroatoms. The minimum atomic E-state index is -3.51. The van der Waals surface area contributed by atoms with Crippen LogP contribution in [0, 0.1) is 0 Å². The lowest BCUT2D eigenvalue weighted by atomic mass is 10.0. The maximum atomic E-state index is 13.8. The van der Waals surface area contributed by atoms with Gasteiger partial charge in [-0.25, -0.2) is 8.42 Å². The number of nitrogens with zero attached hydrogens (tertiary/aromatic N) is 2. The number of hydrogen-bond donors (Lipinski definition) is 2. The van der Waals surface area contributed by atoms with Crippen molar-refractivity contribution in [2.45, 2.75) is 49.6 Å². The maximum absolute atomic E-state index is 13.8. The molecule has 3 aromatic rings. The Hall–Kier alpha value is -3.73. The van der Waals surface area contributed by atoms with Gasteiger partial charge < -0.3 is 20.1 Å². The van der Waals surface area contributed by atoms with Gasteiger partial charge in [0.15, 0.2) is 0 Å². The number of carbonyl (C=O) groups excluding carboxylic acids is 2. The van der Waals surface area contributed by atoms with Crippen LogP contribution in [-0.4, -0.2) is 73.9 Å². The van der Waals surface area contributed by atoms with Crippen molar-refractivity contribution in [2.24, 2.45) is 0 Å². The zero-order valence-corrected chi connectivity index (χ0v) is 24.8. The summed E-state index contributed by atoms with van der Waals surface area (Å²) < 4.78 is 32.5. The first-order chi connectivity index (χ1) is 20.3. The second-order valence-electron chi connectivity index (χ2n) is 10.3. The van der Waals surface area contributed by atoms with Crippen molar-refractivity contribution in [3.63, 3.8) is 0 Å². The molecule has 1 unspecified atom stereocenters. The van der Waals surface area contributed by atoms with Gasteiger partial charge in [0.2, 0.25) is 21.8 Å². The Kier molecular flexibility index (Phi) is 11.1. The molecule has 1 atom stereocenters. The molecule has 9 nitrogen and oxygen atoms in total. The number of rotatable bonds is 14. The monoisotopic (exact) mass is 593 g/mol. The SMILES string of the molecule is COc1ccc(CN(C(=O)CCc2ccc(S(=O)(=O)N3CCCC3)cc2)C(Cc2ccccc2)C(=O)NCCO)cc1. The van der Waals surface area contributed by atoms with Crippen LogP contribution in [0.2, 0.25) is 0 Å². The number of nitrogens with one attached hydrogen (secondary N) is 1. The highest BCUT2D eigenvalue weighted by Crippen LogP contribution is 2.22. The van der Waals surface area contributed by atoms with Crippen LogP contribution in [-0.2, 0) is 39.0 Å². The van der Waals surface area contributed by atoms with E-state index in [1.54, 1.807) is 36.3 Å². The zero-order chi connectivity index (χ0) is 30.0. The Labute approximate surface area is 248 Å². The van der Waals surface area contributed by atoms with Crippen molar-refractivity contribution in [1.82, 2.24) is 14.5 Å². The Morgan fingerprint density at radius 3 is 2.19 bits per heavy atom. The molecule has 3 aromatic carbocycles. The number of carbonyl (C=O) groups is 2. The van der Waals surface area contributed by atoms with Crippen LogP contribution in [0.5, 0.6) is 5.75 Å². The molecule has 0 saturated carbocycles. The number of hydrogen-bond acceptors (Lipinski definition) is 6. The molecule has 1 heterocycles. The molecular formula is C32H39N3O6S. The molecule has 0 spiro atoms. The van der Waals surface area contributed by atoms with Crippen molar-refractivity contribution >= 4 is 21.8 Å². The van der Waals surface area contributed by atoms with Gasteiger partial charge in [0.25, 0.3) is 0 Å². The molecule has 0 aliphatic carbocycles. The number of ether oxygens (including phenoxy) is 1. The Bertz CT molecular complexity index is 1410. The first-order valence-electron chi connectivity index (χ1n) is 14.3. The van der Waals surface area contributed by atoms with E-state index < -0.39 is 16.1 Å². The number of benzene rings is 3. The lowest BCUT2D eigenvalue weighted by Gasteiger charge is -2.31. The summed E-state index contributed by atoms with van der Waals surface area (Å²) in [4.78, 5) is 29.0. The Morgan fingerprint density at radius 1 is 0.929 bits per heavy atom. The molecule has 42 heavy (non-hydrogen) atoms. The zero-order valence-electron chi connectivity index (χ0n) is 23.9. The minimum Gasteiger partial charge on any atom is -0.497 e. The van der Waals surface area contributed by atoms with Gasteiger partial charge in [-0.15, -0.1) is 0 Å². The van der Waals surface area contributed by atoms with E-state index in [0.717, 1.165) is 29.5 Å². The quantitative estimate of drug-likeness (QED) is 0.297. The average Bonchev–Trinajstić information content (AvgIpc) is 3.58. The lowest BCUT2D eigenvalue weighted by Crippen LogP contribution is -2.51. The number of methoxy groups -OCH3 is 1. The number of aliphatic hydroxyl groups excluding tert-OH is 1. The van der Waals surface area contributed by atoms with Crippen LogP contribution in [0.4, 0.5) is 0 Å². The highest BCUT2D eigenvalue weighted by Gasteiger charge is 2.30. The topological polar surface area (TPSA) is 116 Å². The van der Waals surface area contributed by atoms with Gasteiger partial charge in [0.1, 0.15) is 11.8 Å². The third-order valence-corrected chi connectivity index (χ3v) is 9.36. The summed E-state index contributed by atoms with van der Waals surface area (Å²) in [5.41, 5.74) is 2.58. The van der Waals surface area contributed by atoms with Gasteiger partial charge >= 0.3 is 0 Å². The number of aryl methyl sites for hydroxylation is 1. The molecule has 0 radical (unpaired) electrons. The van der Waals surface area contributed by atoms with E-state index in [1.165, 1.54) is 4.31 Å². The molecule has 4 rings (SSSR count). The van der Waals surface area contributed by atoms with Crippen LogP contribution in [0.3, 0.4) is 0 Å². The van der Waals surface area contributed by atoms with E-state index in [2.05, 4.69) is 5.32 Å². The van der Waals surface area contributed by atoms with Gasteiger partial charge in [-0.1, -0.05) is 54.6 Å². The van der Waals surface area contributed by atoms with Crippen molar-refractivity contribution in [3.05, 3.63) is 95.6 Å². The summed E-state index contributed by atoms with van der Waals surface area (Å²) in [6.07, 6.45) is 2.57. The standard InChI is InChI=1S/C32H39N3O6S/c1-41-28-14-9-27(10-15-28)24-35(30(32(38)33-19-22-36)23-26-7-3-2-4-8-26)31(37)18-13-25-11-16-29(17-12-25)42(39,40)34-20-5-6-21-34/h2-4,7-12,14-17,30,36H,5-6,13,18-24H2,1H3,(H,33,38). The average molecular weight is 594 g/mol. The van der Waals surface area contributed by atoms with Gasteiger partial charge in [0, 0.05) is 39.0 Å². The molecular weight excluding hydrogens is 554 g/mol. The molecule has 0 bridgehead atoms. The van der Waals surface area contributed by atoms with Crippen LogP contribution >= 0.6 is 0 Å². The molecule has 1 saturated heterocycles. The van der Waals surface area contributed by atoms with Crippen LogP contribution in [0.25, 0.3) is 0 Å². The fourth-order valence-electron chi connectivity index (χ4n) is 5.08. The maximum Gasteiger partial charge on any atom is 0.243 e. The van der Waals surface area contributed by atoms with E-state index in [1.807, 2.05) is 54.6 Å². The van der Waals surface area contributed by atoms with E-state index in [0.29, 0.717) is 31.7 Å². The molecule has 1 aliphatic rings. The third kappa shape index (κ3) is 8.18. The minimum absolute atomic E-state index is 0.0847. The van der Waals surface area contributed by atoms with Gasteiger partial charge in [0.05, 0.1) is 18.6 Å². The lowest BCUT2D eigenvalue weighted by molar-refractivity contribution is -0.141. The normalized spacial score (nSPS) is 14.3. The first kappa shape index (κ1) is 31.2. The summed E-state index contributed by atoms with van der Waals surface area (Å²) in [5, 5.41) is 12.1. The number of sulfonamides is 1. The van der Waals surface area contributed by atoms with E-state index in [9.17, 15) is 23.1 Å².